The van der Waals surface area contributed by atoms with E-state index in [2.05, 4.69) is 80.7 Å². The lowest BCUT2D eigenvalue weighted by Gasteiger charge is -2.21. The summed E-state index contributed by atoms with van der Waals surface area (Å²) in [4.78, 5) is 0. The zero-order valence-corrected chi connectivity index (χ0v) is 11.4. The zero-order valence-electron chi connectivity index (χ0n) is 11.4. The van der Waals surface area contributed by atoms with Gasteiger partial charge in [-0.15, -0.1) is 0 Å². The van der Waals surface area contributed by atoms with Gasteiger partial charge < -0.3 is 5.32 Å². The molecule has 0 saturated heterocycles. The number of hydrogen-bond donors (Lipinski definition) is 1. The van der Waals surface area contributed by atoms with Crippen LogP contribution in [-0.2, 0) is 0 Å². The normalized spacial score (nSPS) is 14.2. The number of aryl methyl sites for hydroxylation is 1. The van der Waals surface area contributed by atoms with E-state index in [4.69, 9.17) is 0 Å². The first-order valence-corrected chi connectivity index (χ1v) is 6.54. The summed E-state index contributed by atoms with van der Waals surface area (Å²) < 4.78 is 0. The fraction of sp³-hybridized carbons (Fsp3) is 0.294. The van der Waals surface area contributed by atoms with Crippen molar-refractivity contribution in [3.05, 3.63) is 71.3 Å². The maximum atomic E-state index is 3.64. The van der Waals surface area contributed by atoms with Crippen LogP contribution in [0.15, 0.2) is 54.6 Å². The van der Waals surface area contributed by atoms with Crippen molar-refractivity contribution in [1.82, 2.24) is 5.32 Å². The highest BCUT2D eigenvalue weighted by atomic mass is 14.9. The molecule has 18 heavy (non-hydrogen) atoms. The summed E-state index contributed by atoms with van der Waals surface area (Å²) in [7, 11) is 0. The highest BCUT2D eigenvalue weighted by molar-refractivity contribution is 5.25. The molecule has 0 spiro atoms. The molecule has 0 unspecified atom stereocenters. The quantitative estimate of drug-likeness (QED) is 0.833. The Balaban J connectivity index is 2.05. The number of nitrogens with one attached hydrogen (secondary N) is 1. The first kappa shape index (κ1) is 12.8. The van der Waals surface area contributed by atoms with E-state index in [1.54, 1.807) is 0 Å². The van der Waals surface area contributed by atoms with Gasteiger partial charge in [0.05, 0.1) is 0 Å². The summed E-state index contributed by atoms with van der Waals surface area (Å²) in [6, 6.07) is 20.0. The minimum Gasteiger partial charge on any atom is -0.304 e. The highest BCUT2D eigenvalue weighted by Gasteiger charge is 2.10. The lowest BCUT2D eigenvalue weighted by atomic mass is 10.0. The van der Waals surface area contributed by atoms with E-state index in [0.29, 0.717) is 12.1 Å². The van der Waals surface area contributed by atoms with Crippen molar-refractivity contribution in [3.63, 3.8) is 0 Å². The van der Waals surface area contributed by atoms with Gasteiger partial charge in [-0.05, 0) is 31.9 Å². The molecule has 2 aromatic rings. The fourth-order valence-corrected chi connectivity index (χ4v) is 2.25. The lowest BCUT2D eigenvalue weighted by Crippen LogP contribution is -2.22. The van der Waals surface area contributed by atoms with Gasteiger partial charge in [0.1, 0.15) is 0 Å². The Kier molecular flexibility index (Phi) is 4.16. The van der Waals surface area contributed by atoms with Crippen LogP contribution in [0, 0.1) is 6.92 Å². The Morgan fingerprint density at radius 1 is 0.778 bits per heavy atom. The maximum Gasteiger partial charge on any atom is 0.0297 e. The van der Waals surface area contributed by atoms with Crippen molar-refractivity contribution in [3.8, 4) is 0 Å². The molecule has 0 heterocycles. The molecule has 0 aromatic heterocycles. The number of rotatable bonds is 4. The number of hydrogen-bond acceptors (Lipinski definition) is 1. The van der Waals surface area contributed by atoms with Crippen molar-refractivity contribution >= 4 is 0 Å². The molecule has 1 nitrogen and oxygen atoms in total. The van der Waals surface area contributed by atoms with Crippen LogP contribution >= 0.6 is 0 Å². The molecule has 0 radical (unpaired) electrons. The minimum atomic E-state index is 0.361. The third-order valence-electron chi connectivity index (χ3n) is 3.34. The van der Waals surface area contributed by atoms with E-state index in [1.807, 2.05) is 0 Å². The van der Waals surface area contributed by atoms with Gasteiger partial charge in [-0.1, -0.05) is 60.2 Å². The second kappa shape index (κ2) is 5.83. The standard InChI is InChI=1S/C17H21N/c1-13-8-7-11-17(12-13)15(3)18-14(2)16-9-5-4-6-10-16/h4-12,14-15,18H,1-3H3/t14-,15-/m0/s1. The van der Waals surface area contributed by atoms with E-state index in [9.17, 15) is 0 Å². The van der Waals surface area contributed by atoms with Crippen LogP contribution in [0.4, 0.5) is 0 Å². The molecule has 0 fully saturated rings. The van der Waals surface area contributed by atoms with E-state index < -0.39 is 0 Å². The van der Waals surface area contributed by atoms with Crippen LogP contribution in [0.3, 0.4) is 0 Å². The van der Waals surface area contributed by atoms with Crippen LogP contribution in [0.25, 0.3) is 0 Å². The van der Waals surface area contributed by atoms with Gasteiger partial charge in [0.25, 0.3) is 0 Å². The molecule has 2 rings (SSSR count). The molecule has 0 bridgehead atoms. The zero-order chi connectivity index (χ0) is 13.0. The Bertz CT molecular complexity index is 490. The lowest BCUT2D eigenvalue weighted by molar-refractivity contribution is 0.494. The fourth-order valence-electron chi connectivity index (χ4n) is 2.25. The van der Waals surface area contributed by atoms with Crippen LogP contribution in [0.5, 0.6) is 0 Å². The third kappa shape index (κ3) is 3.21. The second-order valence-electron chi connectivity index (χ2n) is 4.93. The molecule has 2 atom stereocenters. The van der Waals surface area contributed by atoms with Gasteiger partial charge in [-0.25, -0.2) is 0 Å². The predicted octanol–water partition coefficient (Wildman–Crippen LogP) is 4.41. The average molecular weight is 239 g/mol. The molecule has 0 saturated carbocycles. The van der Waals surface area contributed by atoms with E-state index in [0.717, 1.165) is 0 Å². The van der Waals surface area contributed by atoms with E-state index in [-0.39, 0.29) is 0 Å². The first-order valence-electron chi connectivity index (χ1n) is 6.54. The number of benzene rings is 2. The van der Waals surface area contributed by atoms with Crippen molar-refractivity contribution in [2.75, 3.05) is 0 Å². The van der Waals surface area contributed by atoms with Gasteiger partial charge >= 0.3 is 0 Å². The summed E-state index contributed by atoms with van der Waals surface area (Å²) in [5.41, 5.74) is 3.99. The summed E-state index contributed by atoms with van der Waals surface area (Å²) in [6.07, 6.45) is 0. The largest absolute Gasteiger partial charge is 0.304 e. The van der Waals surface area contributed by atoms with Crippen LogP contribution in [0.1, 0.15) is 42.6 Å². The summed E-state index contributed by atoms with van der Waals surface area (Å²) in [6.45, 7) is 6.56. The van der Waals surface area contributed by atoms with Crippen LogP contribution in [0.2, 0.25) is 0 Å². The predicted molar refractivity (Wildman–Crippen MR) is 77.6 cm³/mol. The minimum absolute atomic E-state index is 0.361. The average Bonchev–Trinajstić information content (AvgIpc) is 2.39. The molecule has 2 aromatic carbocycles. The van der Waals surface area contributed by atoms with Crippen LogP contribution < -0.4 is 5.32 Å². The molecule has 94 valence electrons. The summed E-state index contributed by atoms with van der Waals surface area (Å²) >= 11 is 0. The topological polar surface area (TPSA) is 12.0 Å². The van der Waals surface area contributed by atoms with Crippen molar-refractivity contribution < 1.29 is 0 Å². The van der Waals surface area contributed by atoms with E-state index >= 15 is 0 Å². The highest BCUT2D eigenvalue weighted by Crippen LogP contribution is 2.19. The van der Waals surface area contributed by atoms with Crippen molar-refractivity contribution in [1.29, 1.82) is 0 Å². The monoisotopic (exact) mass is 239 g/mol. The van der Waals surface area contributed by atoms with Gasteiger partial charge in [0, 0.05) is 12.1 Å². The Labute approximate surface area is 110 Å². The molecule has 0 aliphatic heterocycles. The second-order valence-corrected chi connectivity index (χ2v) is 4.93. The summed E-state index contributed by atoms with van der Waals surface area (Å²) in [5.74, 6) is 0. The molecular weight excluding hydrogens is 218 g/mol. The van der Waals surface area contributed by atoms with Gasteiger partial charge in [0.2, 0.25) is 0 Å². The van der Waals surface area contributed by atoms with Crippen molar-refractivity contribution in [2.45, 2.75) is 32.9 Å². The Morgan fingerprint density at radius 3 is 2.06 bits per heavy atom. The Morgan fingerprint density at radius 2 is 1.39 bits per heavy atom. The van der Waals surface area contributed by atoms with Gasteiger partial charge in [0.15, 0.2) is 0 Å². The maximum absolute atomic E-state index is 3.64. The molecule has 1 N–H and O–H groups in total. The Hall–Kier alpha value is -1.60. The van der Waals surface area contributed by atoms with Crippen LogP contribution in [-0.4, -0.2) is 0 Å². The SMILES string of the molecule is Cc1cccc([C@H](C)N[C@@H](C)c2ccccc2)c1. The van der Waals surface area contributed by atoms with E-state index in [1.165, 1.54) is 16.7 Å². The van der Waals surface area contributed by atoms with Gasteiger partial charge in [-0.3, -0.25) is 0 Å². The molecule has 0 aliphatic carbocycles. The molecule has 0 amide bonds. The van der Waals surface area contributed by atoms with Gasteiger partial charge in [-0.2, -0.15) is 0 Å². The molecule has 0 aliphatic rings. The molecule has 1 heteroatoms. The first-order chi connectivity index (χ1) is 8.66. The van der Waals surface area contributed by atoms with Crippen molar-refractivity contribution in [2.24, 2.45) is 0 Å². The summed E-state index contributed by atoms with van der Waals surface area (Å²) in [5, 5.41) is 3.64. The molecular formula is C17H21N. The smallest absolute Gasteiger partial charge is 0.0297 e. The third-order valence-corrected chi connectivity index (χ3v) is 3.34.